The number of rotatable bonds is 8. The van der Waals surface area contributed by atoms with E-state index in [-0.39, 0.29) is 12.4 Å². The Balaban J connectivity index is 0.00000243. The van der Waals surface area contributed by atoms with Crippen LogP contribution in [-0.4, -0.2) is 7.11 Å². The van der Waals surface area contributed by atoms with Crippen molar-refractivity contribution in [2.45, 2.75) is 26.6 Å². The number of hydrogen-bond donors (Lipinski definition) is 1. The van der Waals surface area contributed by atoms with E-state index in [2.05, 4.69) is 48.0 Å². The van der Waals surface area contributed by atoms with Gasteiger partial charge in [0, 0.05) is 18.0 Å². The molecule has 0 spiro atoms. The van der Waals surface area contributed by atoms with Gasteiger partial charge in [0.1, 0.15) is 6.61 Å². The van der Waals surface area contributed by atoms with Crippen LogP contribution in [-0.2, 0) is 19.7 Å². The van der Waals surface area contributed by atoms with Crippen LogP contribution in [0.25, 0.3) is 0 Å². The first-order chi connectivity index (χ1) is 12.3. The third kappa shape index (κ3) is 5.49. The molecule has 5 heteroatoms. The molecule has 0 fully saturated rings. The van der Waals surface area contributed by atoms with Crippen molar-refractivity contribution in [3.63, 3.8) is 0 Å². The summed E-state index contributed by atoms with van der Waals surface area (Å²) in [6.45, 7) is 4.31. The highest BCUT2D eigenvalue weighted by Gasteiger charge is 2.07. The highest BCUT2D eigenvalue weighted by molar-refractivity contribution is 7.09. The predicted molar refractivity (Wildman–Crippen MR) is 111 cm³/mol. The minimum absolute atomic E-state index is 0. The van der Waals surface area contributed by atoms with Crippen LogP contribution in [0, 0.1) is 6.92 Å². The summed E-state index contributed by atoms with van der Waals surface area (Å²) < 4.78 is 11.5. The Morgan fingerprint density at radius 1 is 0.962 bits per heavy atom. The second kappa shape index (κ2) is 10.2. The fraction of sp³-hybridized carbons (Fsp3) is 0.238. The quantitative estimate of drug-likeness (QED) is 0.562. The maximum Gasteiger partial charge on any atom is 0.161 e. The highest BCUT2D eigenvalue weighted by Crippen LogP contribution is 2.29. The van der Waals surface area contributed by atoms with Crippen molar-refractivity contribution in [1.82, 2.24) is 5.32 Å². The van der Waals surface area contributed by atoms with E-state index in [1.165, 1.54) is 21.6 Å². The van der Waals surface area contributed by atoms with Crippen molar-refractivity contribution in [3.8, 4) is 11.5 Å². The van der Waals surface area contributed by atoms with E-state index in [0.29, 0.717) is 6.61 Å². The van der Waals surface area contributed by atoms with Crippen LogP contribution in [0.15, 0.2) is 60.0 Å². The number of benzene rings is 2. The van der Waals surface area contributed by atoms with Gasteiger partial charge in [0.2, 0.25) is 0 Å². The predicted octanol–water partition coefficient (Wildman–Crippen LogP) is 5.36. The van der Waals surface area contributed by atoms with Crippen molar-refractivity contribution in [1.29, 1.82) is 0 Å². The van der Waals surface area contributed by atoms with Gasteiger partial charge >= 0.3 is 0 Å². The second-order valence-electron chi connectivity index (χ2n) is 5.88. The number of halogens is 1. The number of hydrogen-bond acceptors (Lipinski definition) is 4. The standard InChI is InChI=1S/C21H23NO2S.ClH/c1-16-6-3-4-7-18(16)15-24-20-10-9-17(12-21(20)23-2)13-22-14-19-8-5-11-25-19;/h3-12,22H,13-15H2,1-2H3;1H. The molecule has 3 rings (SSSR count). The lowest BCUT2D eigenvalue weighted by Gasteiger charge is -2.13. The Bertz CT molecular complexity index is 806. The van der Waals surface area contributed by atoms with Crippen LogP contribution < -0.4 is 14.8 Å². The molecule has 0 aliphatic heterocycles. The van der Waals surface area contributed by atoms with Gasteiger partial charge in [-0.1, -0.05) is 36.4 Å². The first-order valence-corrected chi connectivity index (χ1v) is 9.21. The molecule has 0 aliphatic rings. The normalized spacial score (nSPS) is 10.2. The smallest absolute Gasteiger partial charge is 0.161 e. The number of methoxy groups -OCH3 is 1. The number of aryl methyl sites for hydroxylation is 1. The maximum atomic E-state index is 5.97. The van der Waals surface area contributed by atoms with Crippen molar-refractivity contribution >= 4 is 23.7 Å². The number of thiophene rings is 1. The van der Waals surface area contributed by atoms with Crippen molar-refractivity contribution in [3.05, 3.63) is 81.5 Å². The van der Waals surface area contributed by atoms with Crippen molar-refractivity contribution in [2.75, 3.05) is 7.11 Å². The fourth-order valence-electron chi connectivity index (χ4n) is 2.61. The molecule has 0 unspecified atom stereocenters. The van der Waals surface area contributed by atoms with E-state index >= 15 is 0 Å². The molecule has 26 heavy (non-hydrogen) atoms. The van der Waals surface area contributed by atoms with Crippen LogP contribution in [0.3, 0.4) is 0 Å². The van der Waals surface area contributed by atoms with Crippen molar-refractivity contribution < 1.29 is 9.47 Å². The van der Waals surface area contributed by atoms with Gasteiger partial charge in [0.15, 0.2) is 11.5 Å². The zero-order chi connectivity index (χ0) is 17.5. The van der Waals surface area contributed by atoms with Gasteiger partial charge in [-0.25, -0.2) is 0 Å². The van der Waals surface area contributed by atoms with Gasteiger partial charge < -0.3 is 14.8 Å². The van der Waals surface area contributed by atoms with Gasteiger partial charge in [0.05, 0.1) is 7.11 Å². The van der Waals surface area contributed by atoms with Gasteiger partial charge in [-0.05, 0) is 47.2 Å². The third-order valence-electron chi connectivity index (χ3n) is 4.08. The summed E-state index contributed by atoms with van der Waals surface area (Å²) in [7, 11) is 1.68. The Labute approximate surface area is 165 Å². The summed E-state index contributed by atoms with van der Waals surface area (Å²) in [5.74, 6) is 1.54. The molecule has 1 heterocycles. The zero-order valence-electron chi connectivity index (χ0n) is 15.0. The molecule has 3 aromatic rings. The SMILES string of the molecule is COc1cc(CNCc2cccs2)ccc1OCc1ccccc1C.Cl. The lowest BCUT2D eigenvalue weighted by Crippen LogP contribution is -2.11. The summed E-state index contributed by atoms with van der Waals surface area (Å²) in [6.07, 6.45) is 0. The Kier molecular flexibility index (Phi) is 7.98. The molecule has 0 saturated heterocycles. The molecule has 0 radical (unpaired) electrons. The van der Waals surface area contributed by atoms with Gasteiger partial charge in [-0.2, -0.15) is 0 Å². The molecule has 0 saturated carbocycles. The summed E-state index contributed by atoms with van der Waals surface area (Å²) in [4.78, 5) is 1.34. The Morgan fingerprint density at radius 2 is 1.81 bits per heavy atom. The zero-order valence-corrected chi connectivity index (χ0v) is 16.7. The van der Waals surface area contributed by atoms with E-state index in [4.69, 9.17) is 9.47 Å². The summed E-state index contributed by atoms with van der Waals surface area (Å²) in [5, 5.41) is 5.55. The minimum Gasteiger partial charge on any atom is -0.493 e. The van der Waals surface area contributed by atoms with E-state index in [9.17, 15) is 0 Å². The molecule has 0 bridgehead atoms. The summed E-state index contributed by atoms with van der Waals surface area (Å²) in [6, 6.07) is 18.6. The van der Waals surface area contributed by atoms with Crippen molar-refractivity contribution in [2.24, 2.45) is 0 Å². The molecule has 0 atom stereocenters. The van der Waals surface area contributed by atoms with E-state index in [1.807, 2.05) is 24.3 Å². The molecule has 1 aromatic heterocycles. The van der Waals surface area contributed by atoms with Crippen LogP contribution in [0.4, 0.5) is 0 Å². The lowest BCUT2D eigenvalue weighted by molar-refractivity contribution is 0.283. The fourth-order valence-corrected chi connectivity index (χ4v) is 3.29. The molecule has 0 aliphatic carbocycles. The minimum atomic E-state index is 0. The molecule has 1 N–H and O–H groups in total. The van der Waals surface area contributed by atoms with Crippen LogP contribution in [0.2, 0.25) is 0 Å². The molecular weight excluding hydrogens is 366 g/mol. The monoisotopic (exact) mass is 389 g/mol. The summed E-state index contributed by atoms with van der Waals surface area (Å²) >= 11 is 1.77. The molecular formula is C21H24ClNO2S. The van der Waals surface area contributed by atoms with Gasteiger partial charge in [-0.15, -0.1) is 23.7 Å². The average molecular weight is 390 g/mol. The second-order valence-corrected chi connectivity index (χ2v) is 6.92. The average Bonchev–Trinajstić information content (AvgIpc) is 3.15. The van der Waals surface area contributed by atoms with E-state index in [0.717, 1.165) is 24.6 Å². The first-order valence-electron chi connectivity index (χ1n) is 8.33. The first kappa shape index (κ1) is 20.3. The molecule has 3 nitrogen and oxygen atoms in total. The van der Waals surface area contributed by atoms with Crippen LogP contribution in [0.1, 0.15) is 21.6 Å². The van der Waals surface area contributed by atoms with E-state index in [1.54, 1.807) is 18.4 Å². The largest absolute Gasteiger partial charge is 0.493 e. The molecule has 0 amide bonds. The molecule has 138 valence electrons. The Hall–Kier alpha value is -2.01. The third-order valence-corrected chi connectivity index (χ3v) is 4.96. The van der Waals surface area contributed by atoms with Crippen LogP contribution >= 0.6 is 23.7 Å². The van der Waals surface area contributed by atoms with E-state index < -0.39 is 0 Å². The highest BCUT2D eigenvalue weighted by atomic mass is 35.5. The van der Waals surface area contributed by atoms with Crippen LogP contribution in [0.5, 0.6) is 11.5 Å². The van der Waals surface area contributed by atoms with Gasteiger partial charge in [-0.3, -0.25) is 0 Å². The number of nitrogens with one attached hydrogen (secondary N) is 1. The topological polar surface area (TPSA) is 30.5 Å². The maximum absolute atomic E-state index is 5.97. The summed E-state index contributed by atoms with van der Waals surface area (Å²) in [5.41, 5.74) is 3.60. The number of ether oxygens (including phenoxy) is 2. The molecule has 2 aromatic carbocycles. The Morgan fingerprint density at radius 3 is 2.54 bits per heavy atom. The van der Waals surface area contributed by atoms with Gasteiger partial charge in [0.25, 0.3) is 0 Å². The lowest BCUT2D eigenvalue weighted by atomic mass is 10.1.